The zero-order valence-corrected chi connectivity index (χ0v) is 16.7. The smallest absolute Gasteiger partial charge is 0.422 e. The first kappa shape index (κ1) is 21.9. The van der Waals surface area contributed by atoms with Crippen molar-refractivity contribution in [2.24, 2.45) is 5.92 Å². The topological polar surface area (TPSA) is 106 Å². The molecular formula is C18H18ClF3N4O4. The normalized spacial score (nSPS) is 14.9. The maximum absolute atomic E-state index is 12.5. The summed E-state index contributed by atoms with van der Waals surface area (Å²) >= 11 is 5.93. The van der Waals surface area contributed by atoms with Crippen LogP contribution in [0.3, 0.4) is 0 Å². The summed E-state index contributed by atoms with van der Waals surface area (Å²) in [6.45, 7) is 1.67. The van der Waals surface area contributed by atoms with Crippen LogP contribution in [0.1, 0.15) is 47.6 Å². The van der Waals surface area contributed by atoms with Crippen molar-refractivity contribution in [3.8, 4) is 5.88 Å². The minimum atomic E-state index is -4.52. The third-order valence-corrected chi connectivity index (χ3v) is 4.50. The highest BCUT2D eigenvalue weighted by Gasteiger charge is 2.31. The Morgan fingerprint density at radius 2 is 2.10 bits per heavy atom. The number of nitrogens with zero attached hydrogens (tertiary/aromatic N) is 2. The van der Waals surface area contributed by atoms with Crippen molar-refractivity contribution in [3.63, 3.8) is 0 Å². The van der Waals surface area contributed by atoms with Crippen LogP contribution < -0.4 is 15.4 Å². The summed E-state index contributed by atoms with van der Waals surface area (Å²) in [5.41, 5.74) is 0.727. The molecule has 0 saturated heterocycles. The van der Waals surface area contributed by atoms with Gasteiger partial charge in [-0.25, -0.2) is 4.98 Å². The fourth-order valence-corrected chi connectivity index (χ4v) is 2.72. The first-order valence-electron chi connectivity index (χ1n) is 8.97. The molecule has 2 heterocycles. The van der Waals surface area contributed by atoms with Gasteiger partial charge in [-0.05, 0) is 38.3 Å². The van der Waals surface area contributed by atoms with Crippen LogP contribution in [0.2, 0.25) is 5.02 Å². The van der Waals surface area contributed by atoms with Gasteiger partial charge < -0.3 is 14.5 Å². The first-order valence-corrected chi connectivity index (χ1v) is 9.35. The van der Waals surface area contributed by atoms with Gasteiger partial charge in [-0.1, -0.05) is 11.6 Å². The number of ether oxygens (including phenoxy) is 1. The van der Waals surface area contributed by atoms with Crippen LogP contribution in [0.4, 0.5) is 19.2 Å². The predicted octanol–water partition coefficient (Wildman–Crippen LogP) is 3.81. The number of hydrogen-bond acceptors (Lipinski definition) is 6. The van der Waals surface area contributed by atoms with Gasteiger partial charge in [0, 0.05) is 12.1 Å². The first-order chi connectivity index (χ1) is 14.0. The Balaban J connectivity index is 1.63. The molecule has 1 aliphatic carbocycles. The second-order valence-electron chi connectivity index (χ2n) is 6.85. The van der Waals surface area contributed by atoms with E-state index in [0.29, 0.717) is 5.56 Å². The average molecular weight is 447 g/mol. The van der Waals surface area contributed by atoms with Crippen molar-refractivity contribution in [2.45, 2.75) is 38.9 Å². The molecule has 1 aliphatic rings. The molecule has 1 atom stereocenters. The lowest BCUT2D eigenvalue weighted by Gasteiger charge is -2.15. The summed E-state index contributed by atoms with van der Waals surface area (Å²) in [5.74, 6) is -1.27. The van der Waals surface area contributed by atoms with Crippen molar-refractivity contribution in [2.75, 3.05) is 11.9 Å². The zero-order chi connectivity index (χ0) is 22.1. The van der Waals surface area contributed by atoms with Gasteiger partial charge in [0.1, 0.15) is 5.02 Å². The van der Waals surface area contributed by atoms with Crippen molar-refractivity contribution in [1.82, 2.24) is 15.3 Å². The molecule has 1 unspecified atom stereocenters. The molecule has 0 aliphatic heterocycles. The quantitative estimate of drug-likeness (QED) is 0.669. The standard InChI is InChI=1S/C18H18ClF3N4O4/c1-8(11-5-12(19)16(23-6-11)29-7-18(20,21)22)24-15(28)13-9(2)25-17(30-13)26-14(27)10-3-4-10/h5-6,8,10H,3-4,7H2,1-2H3,(H,24,28)(H,25,26,27). The molecule has 0 aromatic carbocycles. The molecule has 1 saturated carbocycles. The van der Waals surface area contributed by atoms with Crippen molar-refractivity contribution < 1.29 is 31.9 Å². The molecule has 2 N–H and O–H groups in total. The van der Waals surface area contributed by atoms with Crippen LogP contribution in [0.25, 0.3) is 0 Å². The Labute approximate surface area is 174 Å². The lowest BCUT2D eigenvalue weighted by molar-refractivity contribution is -0.154. The Morgan fingerprint density at radius 1 is 1.40 bits per heavy atom. The number of aryl methyl sites for hydroxylation is 1. The molecule has 0 bridgehead atoms. The summed E-state index contributed by atoms with van der Waals surface area (Å²) in [6.07, 6.45) is -1.64. The maximum atomic E-state index is 12.5. The number of pyridine rings is 1. The van der Waals surface area contributed by atoms with E-state index in [1.165, 1.54) is 12.3 Å². The molecule has 2 aromatic rings. The van der Waals surface area contributed by atoms with Crippen LogP contribution in [-0.2, 0) is 4.79 Å². The number of nitrogens with one attached hydrogen (secondary N) is 2. The van der Waals surface area contributed by atoms with E-state index in [1.807, 2.05) is 0 Å². The summed E-state index contributed by atoms with van der Waals surface area (Å²) < 4.78 is 46.6. The fourth-order valence-electron chi connectivity index (χ4n) is 2.49. The molecule has 1 fully saturated rings. The highest BCUT2D eigenvalue weighted by molar-refractivity contribution is 6.31. The summed E-state index contributed by atoms with van der Waals surface area (Å²) in [5, 5.41) is 5.05. The number of anilines is 1. The lowest BCUT2D eigenvalue weighted by Crippen LogP contribution is -2.27. The molecule has 30 heavy (non-hydrogen) atoms. The second-order valence-corrected chi connectivity index (χ2v) is 7.26. The predicted molar refractivity (Wildman–Crippen MR) is 99.3 cm³/mol. The van der Waals surface area contributed by atoms with Crippen LogP contribution in [0.15, 0.2) is 16.7 Å². The average Bonchev–Trinajstić information content (AvgIpc) is 3.43. The van der Waals surface area contributed by atoms with Gasteiger partial charge in [-0.3, -0.25) is 14.9 Å². The van der Waals surface area contributed by atoms with Crippen LogP contribution in [-0.4, -0.2) is 34.6 Å². The van der Waals surface area contributed by atoms with E-state index in [2.05, 4.69) is 25.3 Å². The largest absolute Gasteiger partial charge is 0.467 e. The van der Waals surface area contributed by atoms with Crippen molar-refractivity contribution >= 4 is 29.4 Å². The van der Waals surface area contributed by atoms with E-state index >= 15 is 0 Å². The van der Waals surface area contributed by atoms with Crippen molar-refractivity contribution in [3.05, 3.63) is 34.3 Å². The van der Waals surface area contributed by atoms with Crippen LogP contribution >= 0.6 is 11.6 Å². The zero-order valence-electron chi connectivity index (χ0n) is 16.0. The summed E-state index contributed by atoms with van der Waals surface area (Å²) in [6, 6.07) is 0.686. The van der Waals surface area contributed by atoms with E-state index in [4.69, 9.17) is 16.0 Å². The molecule has 162 valence electrons. The van der Waals surface area contributed by atoms with Gasteiger partial charge in [0.15, 0.2) is 6.61 Å². The molecule has 3 rings (SSSR count). The van der Waals surface area contributed by atoms with Crippen molar-refractivity contribution in [1.29, 1.82) is 0 Å². The Hall–Kier alpha value is -2.82. The van der Waals surface area contributed by atoms with E-state index < -0.39 is 24.7 Å². The number of amides is 2. The monoisotopic (exact) mass is 446 g/mol. The number of hydrogen-bond donors (Lipinski definition) is 2. The molecule has 8 nitrogen and oxygen atoms in total. The van der Waals surface area contributed by atoms with Gasteiger partial charge in [0.25, 0.3) is 5.91 Å². The molecule has 0 spiro atoms. The van der Waals surface area contributed by atoms with E-state index in [1.54, 1.807) is 13.8 Å². The van der Waals surface area contributed by atoms with Gasteiger partial charge in [0.2, 0.25) is 17.5 Å². The van der Waals surface area contributed by atoms with Gasteiger partial charge in [-0.2, -0.15) is 18.2 Å². The third kappa shape index (κ3) is 5.62. The number of halogens is 4. The van der Waals surface area contributed by atoms with Gasteiger partial charge in [0.05, 0.1) is 11.7 Å². The van der Waals surface area contributed by atoms with Crippen LogP contribution in [0, 0.1) is 12.8 Å². The van der Waals surface area contributed by atoms with Crippen LogP contribution in [0.5, 0.6) is 5.88 Å². The minimum absolute atomic E-state index is 0.0464. The third-order valence-electron chi connectivity index (χ3n) is 4.23. The number of carbonyl (C=O) groups is 2. The Bertz CT molecular complexity index is 959. The van der Waals surface area contributed by atoms with Gasteiger partial charge >= 0.3 is 12.2 Å². The number of carbonyl (C=O) groups excluding carboxylic acids is 2. The molecule has 2 aromatic heterocycles. The van der Waals surface area contributed by atoms with E-state index in [9.17, 15) is 22.8 Å². The Kier molecular flexibility index (Phi) is 6.20. The Morgan fingerprint density at radius 3 is 2.70 bits per heavy atom. The number of rotatable bonds is 7. The fraction of sp³-hybridized carbons (Fsp3) is 0.444. The lowest BCUT2D eigenvalue weighted by atomic mass is 10.1. The molecule has 12 heteroatoms. The molecular weight excluding hydrogens is 429 g/mol. The minimum Gasteiger partial charge on any atom is -0.467 e. The summed E-state index contributed by atoms with van der Waals surface area (Å²) in [7, 11) is 0. The second kappa shape index (κ2) is 8.50. The summed E-state index contributed by atoms with van der Waals surface area (Å²) in [4.78, 5) is 32.1. The van der Waals surface area contributed by atoms with E-state index in [-0.39, 0.29) is 40.2 Å². The number of oxazole rings is 1. The van der Waals surface area contributed by atoms with Gasteiger partial charge in [-0.15, -0.1) is 0 Å². The molecule has 0 radical (unpaired) electrons. The van der Waals surface area contributed by atoms with E-state index in [0.717, 1.165) is 12.8 Å². The number of alkyl halides is 3. The highest BCUT2D eigenvalue weighted by Crippen LogP contribution is 2.30. The number of aromatic nitrogens is 2. The SMILES string of the molecule is Cc1nc(NC(=O)C2CC2)oc1C(=O)NC(C)c1cnc(OCC(F)(F)F)c(Cl)c1. The highest BCUT2D eigenvalue weighted by atomic mass is 35.5. The molecule has 2 amide bonds. The maximum Gasteiger partial charge on any atom is 0.422 e.